The summed E-state index contributed by atoms with van der Waals surface area (Å²) < 4.78 is 6.54. The minimum Gasteiger partial charge on any atom is -0.373 e. The highest BCUT2D eigenvalue weighted by molar-refractivity contribution is 8.01. The minimum absolute atomic E-state index is 0.385. The predicted molar refractivity (Wildman–Crippen MR) is 99.1 cm³/mol. The molecule has 0 amide bonds. The monoisotopic (exact) mass is 340 g/mol. The van der Waals surface area contributed by atoms with Crippen LogP contribution < -0.4 is 0 Å². The van der Waals surface area contributed by atoms with E-state index in [0.29, 0.717) is 17.5 Å². The predicted octanol–water partition coefficient (Wildman–Crippen LogP) is 3.67. The van der Waals surface area contributed by atoms with Gasteiger partial charge in [0, 0.05) is 42.5 Å². The van der Waals surface area contributed by atoms with Gasteiger partial charge in [-0.15, -0.1) is 11.8 Å². The highest BCUT2D eigenvalue weighted by atomic mass is 32.2. The summed E-state index contributed by atoms with van der Waals surface area (Å²) in [4.78, 5) is 6.71. The Hall–Kier alpha value is -1.36. The van der Waals surface area contributed by atoms with Gasteiger partial charge in [-0.1, -0.05) is 35.9 Å². The van der Waals surface area contributed by atoms with E-state index in [0.717, 1.165) is 17.9 Å². The smallest absolute Gasteiger partial charge is 0.0736 e. The molecule has 1 aromatic carbocycles. The average Bonchev–Trinajstić information content (AvgIpc) is 2.98. The molecule has 0 saturated carbocycles. The molecular formula is C20H24N2OS. The molecular weight excluding hydrogens is 316 g/mol. The fraction of sp³-hybridized carbons (Fsp3) is 0.450. The second kappa shape index (κ2) is 6.87. The molecule has 126 valence electrons. The number of hydrogen-bond donors (Lipinski definition) is 0. The van der Waals surface area contributed by atoms with Gasteiger partial charge in [0.1, 0.15) is 0 Å². The van der Waals surface area contributed by atoms with E-state index in [4.69, 9.17) is 4.74 Å². The Labute approximate surface area is 148 Å². The lowest BCUT2D eigenvalue weighted by molar-refractivity contribution is 0.0263. The van der Waals surface area contributed by atoms with Gasteiger partial charge in [-0.2, -0.15) is 0 Å². The Kier molecular flexibility index (Phi) is 4.61. The van der Waals surface area contributed by atoms with E-state index in [-0.39, 0.29) is 0 Å². The molecule has 24 heavy (non-hydrogen) atoms. The van der Waals surface area contributed by atoms with Crippen molar-refractivity contribution in [2.24, 2.45) is 0 Å². The largest absolute Gasteiger partial charge is 0.373 e. The molecule has 1 spiro atoms. The number of aryl methyl sites for hydroxylation is 1. The van der Waals surface area contributed by atoms with Gasteiger partial charge in [0.15, 0.2) is 0 Å². The molecule has 0 bridgehead atoms. The van der Waals surface area contributed by atoms with Crippen LogP contribution in [0.1, 0.15) is 23.1 Å². The second-order valence-electron chi connectivity index (χ2n) is 7.13. The van der Waals surface area contributed by atoms with Crippen molar-refractivity contribution in [1.29, 1.82) is 0 Å². The third kappa shape index (κ3) is 3.66. The van der Waals surface area contributed by atoms with Gasteiger partial charge in [-0.05, 0) is 30.5 Å². The van der Waals surface area contributed by atoms with E-state index in [2.05, 4.69) is 58.9 Å². The van der Waals surface area contributed by atoms with Gasteiger partial charge < -0.3 is 4.74 Å². The van der Waals surface area contributed by atoms with Crippen molar-refractivity contribution in [2.75, 3.05) is 18.8 Å². The topological polar surface area (TPSA) is 25.4 Å². The van der Waals surface area contributed by atoms with Gasteiger partial charge in [-0.3, -0.25) is 9.88 Å². The van der Waals surface area contributed by atoms with Crippen LogP contribution in [-0.4, -0.2) is 39.6 Å². The maximum Gasteiger partial charge on any atom is 0.0736 e. The highest BCUT2D eigenvalue weighted by Gasteiger charge is 2.49. The standard InChI is InChI=1S/C20H24N2OS/c1-16-4-2-5-17(8-16)11-22-14-20(15-22)9-19(13-24-20)23-12-18-6-3-7-21-10-18/h2-8,10,19H,9,11-15H2,1H3/t19-/m1/s1. The molecule has 2 aliphatic heterocycles. The Morgan fingerprint density at radius 3 is 2.92 bits per heavy atom. The minimum atomic E-state index is 0.385. The van der Waals surface area contributed by atoms with E-state index in [1.54, 1.807) is 6.20 Å². The molecule has 2 aliphatic rings. The first kappa shape index (κ1) is 16.1. The molecule has 4 heteroatoms. The number of nitrogens with zero attached hydrogens (tertiary/aromatic N) is 2. The van der Waals surface area contributed by atoms with Crippen LogP contribution in [0.5, 0.6) is 0 Å². The molecule has 0 unspecified atom stereocenters. The summed E-state index contributed by atoms with van der Waals surface area (Å²) >= 11 is 2.11. The van der Waals surface area contributed by atoms with Crippen molar-refractivity contribution in [3.63, 3.8) is 0 Å². The third-order valence-corrected chi connectivity index (χ3v) is 6.47. The lowest BCUT2D eigenvalue weighted by Crippen LogP contribution is -2.58. The molecule has 3 heterocycles. The third-order valence-electron chi connectivity index (χ3n) is 4.90. The van der Waals surface area contributed by atoms with Crippen molar-refractivity contribution < 1.29 is 4.74 Å². The molecule has 2 fully saturated rings. The van der Waals surface area contributed by atoms with Crippen LogP contribution in [0.25, 0.3) is 0 Å². The molecule has 2 saturated heterocycles. The summed E-state index contributed by atoms with van der Waals surface area (Å²) in [6.45, 7) is 6.31. The van der Waals surface area contributed by atoms with Crippen molar-refractivity contribution in [1.82, 2.24) is 9.88 Å². The Bertz CT molecular complexity index is 685. The summed E-state index contributed by atoms with van der Waals surface area (Å²) in [6.07, 6.45) is 5.27. The van der Waals surface area contributed by atoms with Crippen molar-refractivity contribution in [3.05, 3.63) is 65.5 Å². The maximum atomic E-state index is 6.11. The van der Waals surface area contributed by atoms with Crippen LogP contribution in [-0.2, 0) is 17.9 Å². The number of likely N-dealkylation sites (tertiary alicyclic amines) is 1. The van der Waals surface area contributed by atoms with Crippen molar-refractivity contribution in [3.8, 4) is 0 Å². The van der Waals surface area contributed by atoms with Gasteiger partial charge in [0.2, 0.25) is 0 Å². The number of thioether (sulfide) groups is 1. The quantitative estimate of drug-likeness (QED) is 0.829. The van der Waals surface area contributed by atoms with Gasteiger partial charge >= 0.3 is 0 Å². The van der Waals surface area contributed by atoms with E-state index in [1.165, 1.54) is 30.6 Å². The summed E-state index contributed by atoms with van der Waals surface area (Å²) in [6, 6.07) is 12.9. The lowest BCUT2D eigenvalue weighted by atomic mass is 9.92. The van der Waals surface area contributed by atoms with E-state index in [9.17, 15) is 0 Å². The first-order chi connectivity index (χ1) is 11.7. The van der Waals surface area contributed by atoms with Gasteiger partial charge in [0.05, 0.1) is 12.7 Å². The zero-order chi connectivity index (χ0) is 16.4. The number of rotatable bonds is 5. The van der Waals surface area contributed by atoms with Crippen LogP contribution in [0.2, 0.25) is 0 Å². The first-order valence-corrected chi connectivity index (χ1v) is 9.62. The zero-order valence-electron chi connectivity index (χ0n) is 14.1. The maximum absolute atomic E-state index is 6.11. The van der Waals surface area contributed by atoms with Gasteiger partial charge in [0.25, 0.3) is 0 Å². The summed E-state index contributed by atoms with van der Waals surface area (Å²) in [7, 11) is 0. The van der Waals surface area contributed by atoms with Crippen LogP contribution in [0.15, 0.2) is 48.8 Å². The fourth-order valence-corrected chi connectivity index (χ4v) is 5.38. The number of hydrogen-bond acceptors (Lipinski definition) is 4. The number of aromatic nitrogens is 1. The first-order valence-electron chi connectivity index (χ1n) is 8.63. The second-order valence-corrected chi connectivity index (χ2v) is 8.61. The zero-order valence-corrected chi connectivity index (χ0v) is 15.0. The molecule has 0 N–H and O–H groups in total. The Morgan fingerprint density at radius 2 is 2.12 bits per heavy atom. The van der Waals surface area contributed by atoms with Crippen LogP contribution >= 0.6 is 11.8 Å². The number of ether oxygens (including phenoxy) is 1. The lowest BCUT2D eigenvalue weighted by Gasteiger charge is -2.47. The summed E-state index contributed by atoms with van der Waals surface area (Å²) in [5.74, 6) is 1.12. The number of benzene rings is 1. The average molecular weight is 340 g/mol. The van der Waals surface area contributed by atoms with Crippen molar-refractivity contribution >= 4 is 11.8 Å². The summed E-state index contributed by atoms with van der Waals surface area (Å²) in [5.41, 5.74) is 3.94. The number of pyridine rings is 1. The Morgan fingerprint density at radius 1 is 1.25 bits per heavy atom. The molecule has 0 radical (unpaired) electrons. The molecule has 1 atom stereocenters. The van der Waals surface area contributed by atoms with E-state index in [1.807, 2.05) is 12.3 Å². The molecule has 1 aromatic heterocycles. The molecule has 3 nitrogen and oxygen atoms in total. The van der Waals surface area contributed by atoms with Crippen LogP contribution in [0.3, 0.4) is 0 Å². The highest BCUT2D eigenvalue weighted by Crippen LogP contribution is 2.46. The van der Waals surface area contributed by atoms with Crippen LogP contribution in [0, 0.1) is 6.92 Å². The molecule has 0 aliphatic carbocycles. The fourth-order valence-electron chi connectivity index (χ4n) is 3.78. The van der Waals surface area contributed by atoms with E-state index < -0.39 is 0 Å². The SMILES string of the molecule is Cc1cccc(CN2CC3(C[C@@H](OCc4cccnc4)CS3)C2)c1. The van der Waals surface area contributed by atoms with E-state index >= 15 is 0 Å². The molecule has 2 aromatic rings. The Balaban J connectivity index is 1.24. The summed E-state index contributed by atoms with van der Waals surface area (Å²) in [5, 5.41) is 0. The van der Waals surface area contributed by atoms with Gasteiger partial charge in [-0.25, -0.2) is 0 Å². The van der Waals surface area contributed by atoms with Crippen molar-refractivity contribution in [2.45, 2.75) is 37.3 Å². The normalized spacial score (nSPS) is 22.6. The van der Waals surface area contributed by atoms with Crippen LogP contribution in [0.4, 0.5) is 0 Å². The molecule has 4 rings (SSSR count).